The standard InChI is InChI=1S/C20H23N3O2/c1-15-18(13-21-14-22-15)20(25)23-11-7-3-6-10-17(23)12-19(24)16-8-4-2-5-9-16/h2,4-5,8-9,13-14,17H,3,6-7,10-12H2,1H3/t17-/m0/s1. The lowest BCUT2D eigenvalue weighted by Crippen LogP contribution is -2.41. The number of ketones is 1. The second-order valence-electron chi connectivity index (χ2n) is 6.52. The predicted octanol–water partition coefficient (Wildman–Crippen LogP) is 3.44. The molecule has 1 aromatic heterocycles. The number of benzene rings is 1. The molecule has 0 saturated carbocycles. The summed E-state index contributed by atoms with van der Waals surface area (Å²) in [7, 11) is 0. The number of hydrogen-bond donors (Lipinski definition) is 0. The fraction of sp³-hybridized carbons (Fsp3) is 0.400. The van der Waals surface area contributed by atoms with E-state index < -0.39 is 0 Å². The minimum atomic E-state index is -0.0673. The van der Waals surface area contributed by atoms with Gasteiger partial charge in [-0.05, 0) is 19.8 Å². The lowest BCUT2D eigenvalue weighted by molar-refractivity contribution is 0.0658. The molecule has 0 spiro atoms. The maximum absolute atomic E-state index is 13.0. The number of aromatic nitrogens is 2. The minimum Gasteiger partial charge on any atom is -0.335 e. The molecule has 1 aliphatic rings. The fourth-order valence-electron chi connectivity index (χ4n) is 3.37. The smallest absolute Gasteiger partial charge is 0.257 e. The molecular formula is C20H23N3O2. The van der Waals surface area contributed by atoms with Gasteiger partial charge in [0.05, 0.1) is 11.3 Å². The third kappa shape index (κ3) is 4.10. The van der Waals surface area contributed by atoms with E-state index in [-0.39, 0.29) is 17.7 Å². The first-order valence-electron chi connectivity index (χ1n) is 8.82. The number of amides is 1. The summed E-state index contributed by atoms with van der Waals surface area (Å²) in [4.78, 5) is 35.7. The van der Waals surface area contributed by atoms with Crippen LogP contribution in [0, 0.1) is 6.92 Å². The van der Waals surface area contributed by atoms with Gasteiger partial charge in [0.1, 0.15) is 6.33 Å². The van der Waals surface area contributed by atoms with Crippen LogP contribution >= 0.6 is 0 Å². The van der Waals surface area contributed by atoms with Gasteiger partial charge in [-0.25, -0.2) is 9.97 Å². The van der Waals surface area contributed by atoms with E-state index in [1.54, 1.807) is 6.20 Å². The van der Waals surface area contributed by atoms with Crippen LogP contribution < -0.4 is 0 Å². The van der Waals surface area contributed by atoms with E-state index >= 15 is 0 Å². The molecule has 2 heterocycles. The average Bonchev–Trinajstić information content (AvgIpc) is 2.88. The Morgan fingerprint density at radius 2 is 1.96 bits per heavy atom. The second kappa shape index (κ2) is 8.01. The summed E-state index contributed by atoms with van der Waals surface area (Å²) in [6, 6.07) is 9.24. The topological polar surface area (TPSA) is 63.2 Å². The molecule has 1 aromatic carbocycles. The van der Waals surface area contributed by atoms with Crippen LogP contribution in [0.2, 0.25) is 0 Å². The van der Waals surface area contributed by atoms with Gasteiger partial charge in [0.25, 0.3) is 5.91 Å². The molecule has 25 heavy (non-hydrogen) atoms. The summed E-state index contributed by atoms with van der Waals surface area (Å²) >= 11 is 0. The maximum Gasteiger partial charge on any atom is 0.257 e. The Kier molecular flexibility index (Phi) is 5.53. The molecule has 1 saturated heterocycles. The van der Waals surface area contributed by atoms with E-state index in [9.17, 15) is 9.59 Å². The molecule has 130 valence electrons. The van der Waals surface area contributed by atoms with E-state index in [2.05, 4.69) is 9.97 Å². The van der Waals surface area contributed by atoms with Gasteiger partial charge in [-0.15, -0.1) is 0 Å². The monoisotopic (exact) mass is 337 g/mol. The summed E-state index contributed by atoms with van der Waals surface area (Å²) in [5, 5.41) is 0. The molecule has 1 aliphatic heterocycles. The summed E-state index contributed by atoms with van der Waals surface area (Å²) in [6.45, 7) is 2.50. The van der Waals surface area contributed by atoms with Crippen LogP contribution in [-0.2, 0) is 0 Å². The number of nitrogens with zero attached hydrogens (tertiary/aromatic N) is 3. The van der Waals surface area contributed by atoms with Gasteiger partial charge >= 0.3 is 0 Å². The highest BCUT2D eigenvalue weighted by Gasteiger charge is 2.29. The molecule has 1 fully saturated rings. The van der Waals surface area contributed by atoms with Crippen LogP contribution in [0.5, 0.6) is 0 Å². The van der Waals surface area contributed by atoms with Gasteiger partial charge in [-0.2, -0.15) is 0 Å². The van der Waals surface area contributed by atoms with Crippen molar-refractivity contribution in [1.29, 1.82) is 0 Å². The Bertz CT molecular complexity index is 746. The number of carbonyl (C=O) groups excluding carboxylic acids is 2. The van der Waals surface area contributed by atoms with Crippen LogP contribution in [0.15, 0.2) is 42.9 Å². The van der Waals surface area contributed by atoms with Crippen molar-refractivity contribution < 1.29 is 9.59 Å². The highest BCUT2D eigenvalue weighted by Crippen LogP contribution is 2.23. The van der Waals surface area contributed by atoms with Gasteiger partial charge in [-0.3, -0.25) is 9.59 Å². The Balaban J connectivity index is 1.81. The number of hydrogen-bond acceptors (Lipinski definition) is 4. The number of Topliss-reactive ketones (excluding diaryl/α,β-unsaturated/α-hetero) is 1. The third-order valence-corrected chi connectivity index (χ3v) is 4.80. The van der Waals surface area contributed by atoms with Gasteiger partial charge in [0, 0.05) is 30.8 Å². The van der Waals surface area contributed by atoms with Gasteiger partial charge in [-0.1, -0.05) is 43.2 Å². The molecule has 0 aliphatic carbocycles. The predicted molar refractivity (Wildman–Crippen MR) is 95.5 cm³/mol. The highest BCUT2D eigenvalue weighted by atomic mass is 16.2. The molecule has 0 unspecified atom stereocenters. The lowest BCUT2D eigenvalue weighted by atomic mass is 9.99. The highest BCUT2D eigenvalue weighted by molar-refractivity contribution is 5.98. The van der Waals surface area contributed by atoms with Gasteiger partial charge in [0.2, 0.25) is 0 Å². The largest absolute Gasteiger partial charge is 0.335 e. The van der Waals surface area contributed by atoms with Crippen molar-refractivity contribution in [3.05, 3.63) is 59.7 Å². The quantitative estimate of drug-likeness (QED) is 0.802. The van der Waals surface area contributed by atoms with E-state index in [4.69, 9.17) is 0 Å². The molecule has 3 rings (SSSR count). The molecule has 0 bridgehead atoms. The van der Waals surface area contributed by atoms with Gasteiger partial charge < -0.3 is 4.90 Å². The third-order valence-electron chi connectivity index (χ3n) is 4.80. The molecule has 1 amide bonds. The Hall–Kier alpha value is -2.56. The zero-order valence-electron chi connectivity index (χ0n) is 14.5. The SMILES string of the molecule is Cc1ncncc1C(=O)N1CCCCC[C@H]1CC(=O)c1ccccc1. The number of rotatable bonds is 4. The zero-order valence-corrected chi connectivity index (χ0v) is 14.5. The van der Waals surface area contributed by atoms with Crippen LogP contribution in [-0.4, -0.2) is 39.1 Å². The van der Waals surface area contributed by atoms with Crippen molar-refractivity contribution in [3.8, 4) is 0 Å². The number of aryl methyl sites for hydroxylation is 1. The Morgan fingerprint density at radius 1 is 1.16 bits per heavy atom. The van der Waals surface area contributed by atoms with Crippen molar-refractivity contribution in [3.63, 3.8) is 0 Å². The first-order chi connectivity index (χ1) is 12.2. The summed E-state index contributed by atoms with van der Waals surface area (Å²) < 4.78 is 0. The molecular weight excluding hydrogens is 314 g/mol. The van der Waals surface area contributed by atoms with Crippen molar-refractivity contribution in [2.24, 2.45) is 0 Å². The number of carbonyl (C=O) groups is 2. The first kappa shape index (κ1) is 17.3. The zero-order chi connectivity index (χ0) is 17.6. The van der Waals surface area contributed by atoms with Crippen molar-refractivity contribution in [2.45, 2.75) is 45.1 Å². The number of likely N-dealkylation sites (tertiary alicyclic amines) is 1. The lowest BCUT2D eigenvalue weighted by Gasteiger charge is -2.30. The molecule has 1 atom stereocenters. The average molecular weight is 337 g/mol. The van der Waals surface area contributed by atoms with E-state index in [0.29, 0.717) is 29.8 Å². The summed E-state index contributed by atoms with van der Waals surface area (Å²) in [5.41, 5.74) is 1.91. The first-order valence-corrected chi connectivity index (χ1v) is 8.82. The Labute approximate surface area is 148 Å². The minimum absolute atomic E-state index is 0.0640. The van der Waals surface area contributed by atoms with Crippen molar-refractivity contribution in [2.75, 3.05) is 6.54 Å². The molecule has 0 N–H and O–H groups in total. The van der Waals surface area contributed by atoms with Crippen molar-refractivity contribution in [1.82, 2.24) is 14.9 Å². The maximum atomic E-state index is 13.0. The van der Waals surface area contributed by atoms with Crippen molar-refractivity contribution >= 4 is 11.7 Å². The van der Waals surface area contributed by atoms with Crippen LogP contribution in [0.4, 0.5) is 0 Å². The summed E-state index contributed by atoms with van der Waals surface area (Å²) in [5.74, 6) is 0.0252. The van der Waals surface area contributed by atoms with Gasteiger partial charge in [0.15, 0.2) is 5.78 Å². The second-order valence-corrected chi connectivity index (χ2v) is 6.52. The Morgan fingerprint density at radius 3 is 2.72 bits per heavy atom. The van der Waals surface area contributed by atoms with E-state index in [1.165, 1.54) is 6.33 Å². The van der Waals surface area contributed by atoms with Crippen LogP contribution in [0.25, 0.3) is 0 Å². The fourth-order valence-corrected chi connectivity index (χ4v) is 3.37. The van der Waals surface area contributed by atoms with E-state index in [0.717, 1.165) is 25.7 Å². The van der Waals surface area contributed by atoms with Crippen LogP contribution in [0.3, 0.4) is 0 Å². The van der Waals surface area contributed by atoms with E-state index in [1.807, 2.05) is 42.2 Å². The molecule has 5 nitrogen and oxygen atoms in total. The summed E-state index contributed by atoms with van der Waals surface area (Å²) in [6.07, 6.45) is 7.34. The normalized spacial score (nSPS) is 17.8. The molecule has 5 heteroatoms. The molecule has 0 radical (unpaired) electrons. The molecule has 2 aromatic rings. The van der Waals surface area contributed by atoms with Crippen LogP contribution in [0.1, 0.15) is 58.5 Å².